The highest BCUT2D eigenvalue weighted by Crippen LogP contribution is 2.29. The topological polar surface area (TPSA) is 48.5 Å². The lowest BCUT2D eigenvalue weighted by Crippen LogP contribution is -2.48. The van der Waals surface area contributed by atoms with Crippen LogP contribution in [0.15, 0.2) is 29.6 Å². The Bertz CT molecular complexity index is 697. The second kappa shape index (κ2) is 7.42. The summed E-state index contributed by atoms with van der Waals surface area (Å²) in [6.45, 7) is 9.74. The van der Waals surface area contributed by atoms with Gasteiger partial charge in [-0.3, -0.25) is 14.6 Å². The number of piperazine rings is 1. The molecule has 6 heteroatoms. The molecule has 1 atom stereocenters. The van der Waals surface area contributed by atoms with Gasteiger partial charge in [0.15, 0.2) is 5.13 Å². The Hall–Kier alpha value is -1.76. The minimum Gasteiger partial charge on any atom is -0.312 e. The van der Waals surface area contributed by atoms with E-state index in [1.165, 1.54) is 16.9 Å². The van der Waals surface area contributed by atoms with Gasteiger partial charge in [-0.25, -0.2) is 4.98 Å². The number of nitrogens with one attached hydrogen (secondary N) is 1. The number of benzene rings is 1. The van der Waals surface area contributed by atoms with Gasteiger partial charge in [-0.15, -0.1) is 11.3 Å². The van der Waals surface area contributed by atoms with E-state index in [-0.39, 0.29) is 5.91 Å². The third kappa shape index (κ3) is 4.01. The van der Waals surface area contributed by atoms with E-state index in [9.17, 15) is 4.79 Å². The maximum atomic E-state index is 12.1. The standard InChI is InChI=1S/C18H24N4OS/c1-13-4-6-17(7-5-13)22(15(3)23)18-20-16(12-24-18)11-21-9-8-19-14(2)10-21/h4-7,12,14,19H,8-11H2,1-3H3/t14-/m0/s1. The van der Waals surface area contributed by atoms with Crippen LogP contribution in [0.25, 0.3) is 0 Å². The van der Waals surface area contributed by atoms with E-state index in [1.54, 1.807) is 11.8 Å². The van der Waals surface area contributed by atoms with E-state index in [0.29, 0.717) is 6.04 Å². The van der Waals surface area contributed by atoms with Gasteiger partial charge < -0.3 is 5.32 Å². The molecule has 0 saturated carbocycles. The molecule has 2 heterocycles. The van der Waals surface area contributed by atoms with Crippen LogP contribution in [0, 0.1) is 6.92 Å². The first kappa shape index (κ1) is 17.1. The monoisotopic (exact) mass is 344 g/mol. The second-order valence-electron chi connectivity index (χ2n) is 6.40. The summed E-state index contributed by atoms with van der Waals surface area (Å²) in [5.41, 5.74) is 3.07. The number of aromatic nitrogens is 1. The molecule has 1 saturated heterocycles. The van der Waals surface area contributed by atoms with Crippen LogP contribution >= 0.6 is 11.3 Å². The lowest BCUT2D eigenvalue weighted by atomic mass is 10.2. The van der Waals surface area contributed by atoms with Gasteiger partial charge in [0.2, 0.25) is 5.91 Å². The van der Waals surface area contributed by atoms with Gasteiger partial charge in [-0.2, -0.15) is 0 Å². The van der Waals surface area contributed by atoms with Gasteiger partial charge >= 0.3 is 0 Å². The van der Waals surface area contributed by atoms with Gasteiger partial charge in [0.25, 0.3) is 0 Å². The Morgan fingerprint density at radius 3 is 2.83 bits per heavy atom. The van der Waals surface area contributed by atoms with E-state index in [1.807, 2.05) is 31.2 Å². The van der Waals surface area contributed by atoms with Gasteiger partial charge in [-0.1, -0.05) is 17.7 Å². The van der Waals surface area contributed by atoms with Crippen LogP contribution in [0.4, 0.5) is 10.8 Å². The zero-order chi connectivity index (χ0) is 17.1. The number of carbonyl (C=O) groups is 1. The lowest BCUT2D eigenvalue weighted by molar-refractivity contribution is -0.115. The molecule has 0 unspecified atom stereocenters. The largest absolute Gasteiger partial charge is 0.312 e. The number of hydrogen-bond donors (Lipinski definition) is 1. The van der Waals surface area contributed by atoms with Crippen LogP contribution in [0.5, 0.6) is 0 Å². The number of hydrogen-bond acceptors (Lipinski definition) is 5. The molecular weight excluding hydrogens is 320 g/mol. The molecule has 0 radical (unpaired) electrons. The van der Waals surface area contributed by atoms with Crippen molar-refractivity contribution in [3.05, 3.63) is 40.9 Å². The highest BCUT2D eigenvalue weighted by Gasteiger charge is 2.20. The van der Waals surface area contributed by atoms with E-state index in [0.717, 1.165) is 42.7 Å². The minimum atomic E-state index is -0.0180. The Balaban J connectivity index is 1.76. The number of carbonyl (C=O) groups excluding carboxylic acids is 1. The maximum Gasteiger partial charge on any atom is 0.230 e. The van der Waals surface area contributed by atoms with E-state index >= 15 is 0 Å². The molecule has 1 amide bonds. The molecule has 2 aromatic rings. The van der Waals surface area contributed by atoms with Crippen molar-refractivity contribution in [1.82, 2.24) is 15.2 Å². The first-order chi connectivity index (χ1) is 11.5. The van der Waals surface area contributed by atoms with Gasteiger partial charge in [-0.05, 0) is 26.0 Å². The van der Waals surface area contributed by atoms with Crippen molar-refractivity contribution in [2.45, 2.75) is 33.4 Å². The predicted octanol–water partition coefficient (Wildman–Crippen LogP) is 2.93. The lowest BCUT2D eigenvalue weighted by Gasteiger charge is -2.31. The van der Waals surface area contributed by atoms with Crippen LogP contribution in [-0.2, 0) is 11.3 Å². The van der Waals surface area contributed by atoms with Crippen LogP contribution in [-0.4, -0.2) is 41.5 Å². The van der Waals surface area contributed by atoms with Crippen molar-refractivity contribution < 1.29 is 4.79 Å². The van der Waals surface area contributed by atoms with Crippen molar-refractivity contribution in [3.8, 4) is 0 Å². The van der Waals surface area contributed by atoms with Crippen LogP contribution in [0.3, 0.4) is 0 Å². The Morgan fingerprint density at radius 1 is 1.42 bits per heavy atom. The average molecular weight is 344 g/mol. The molecule has 0 spiro atoms. The van der Waals surface area contributed by atoms with E-state index in [2.05, 4.69) is 22.5 Å². The molecule has 1 N–H and O–H groups in total. The van der Waals surface area contributed by atoms with E-state index in [4.69, 9.17) is 4.98 Å². The Labute approximate surface area is 147 Å². The normalized spacial score (nSPS) is 18.5. The molecule has 0 aliphatic carbocycles. The fourth-order valence-corrected chi connectivity index (χ4v) is 3.86. The Morgan fingerprint density at radius 2 is 2.17 bits per heavy atom. The van der Waals surface area contributed by atoms with E-state index < -0.39 is 0 Å². The van der Waals surface area contributed by atoms with Crippen molar-refractivity contribution >= 4 is 28.1 Å². The molecule has 5 nitrogen and oxygen atoms in total. The molecule has 24 heavy (non-hydrogen) atoms. The number of rotatable bonds is 4. The van der Waals surface area contributed by atoms with Crippen molar-refractivity contribution in [3.63, 3.8) is 0 Å². The van der Waals surface area contributed by atoms with Crippen LogP contribution < -0.4 is 10.2 Å². The molecule has 1 aromatic carbocycles. The minimum absolute atomic E-state index is 0.0180. The van der Waals surface area contributed by atoms with Crippen molar-refractivity contribution in [2.75, 3.05) is 24.5 Å². The summed E-state index contributed by atoms with van der Waals surface area (Å²) in [6.07, 6.45) is 0. The fourth-order valence-electron chi connectivity index (χ4n) is 2.98. The summed E-state index contributed by atoms with van der Waals surface area (Å²) >= 11 is 1.53. The molecule has 128 valence electrons. The van der Waals surface area contributed by atoms with Gasteiger partial charge in [0.1, 0.15) is 0 Å². The summed E-state index contributed by atoms with van der Waals surface area (Å²) in [5, 5.41) is 6.25. The van der Waals surface area contributed by atoms with Crippen molar-refractivity contribution in [2.24, 2.45) is 0 Å². The smallest absolute Gasteiger partial charge is 0.230 e. The third-order valence-electron chi connectivity index (χ3n) is 4.18. The molecule has 3 rings (SSSR count). The molecule has 1 aliphatic heterocycles. The molecule has 1 aliphatic rings. The summed E-state index contributed by atoms with van der Waals surface area (Å²) in [7, 11) is 0. The van der Waals surface area contributed by atoms with Crippen molar-refractivity contribution in [1.29, 1.82) is 0 Å². The number of aryl methyl sites for hydroxylation is 1. The highest BCUT2D eigenvalue weighted by atomic mass is 32.1. The maximum absolute atomic E-state index is 12.1. The third-order valence-corrected chi connectivity index (χ3v) is 5.05. The van der Waals surface area contributed by atoms with Gasteiger partial charge in [0, 0.05) is 44.5 Å². The molecule has 0 bridgehead atoms. The second-order valence-corrected chi connectivity index (χ2v) is 7.24. The summed E-state index contributed by atoms with van der Waals surface area (Å²) in [4.78, 5) is 21.0. The zero-order valence-corrected chi connectivity index (χ0v) is 15.3. The number of anilines is 2. The average Bonchev–Trinajstić information content (AvgIpc) is 2.97. The number of nitrogens with zero attached hydrogens (tertiary/aromatic N) is 3. The molecular formula is C18H24N4OS. The summed E-state index contributed by atoms with van der Waals surface area (Å²) in [5.74, 6) is -0.0180. The quantitative estimate of drug-likeness (QED) is 0.926. The number of thiazole rings is 1. The SMILES string of the molecule is CC(=O)N(c1ccc(C)cc1)c1nc(CN2CCN[C@@H](C)C2)cs1. The molecule has 1 aromatic heterocycles. The predicted molar refractivity (Wildman–Crippen MR) is 98.9 cm³/mol. The zero-order valence-electron chi connectivity index (χ0n) is 14.5. The van der Waals surface area contributed by atoms with Crippen LogP contribution in [0.1, 0.15) is 25.1 Å². The summed E-state index contributed by atoms with van der Waals surface area (Å²) < 4.78 is 0. The molecule has 1 fully saturated rings. The highest BCUT2D eigenvalue weighted by molar-refractivity contribution is 7.14. The summed E-state index contributed by atoms with van der Waals surface area (Å²) in [6, 6.07) is 8.48. The first-order valence-electron chi connectivity index (χ1n) is 8.30. The van der Waals surface area contributed by atoms with Gasteiger partial charge in [0.05, 0.1) is 11.4 Å². The fraction of sp³-hybridized carbons (Fsp3) is 0.444. The first-order valence-corrected chi connectivity index (χ1v) is 9.18. The van der Waals surface area contributed by atoms with Crippen LogP contribution in [0.2, 0.25) is 0 Å². The number of amides is 1. The Kier molecular flexibility index (Phi) is 5.28.